The Morgan fingerprint density at radius 1 is 1.03 bits per heavy atom. The molecule has 0 aliphatic carbocycles. The first kappa shape index (κ1) is 25.7. The lowest BCUT2D eigenvalue weighted by atomic mass is 10.2. The molecule has 0 atom stereocenters. The molecule has 188 valence electrons. The second-order valence-electron chi connectivity index (χ2n) is 8.25. The number of hydrogen-bond acceptors (Lipinski definition) is 5. The molecule has 0 spiro atoms. The third-order valence-corrected chi connectivity index (χ3v) is 6.02. The molecule has 0 fully saturated rings. The molecule has 4 rings (SSSR count). The van der Waals surface area contributed by atoms with E-state index in [-0.39, 0.29) is 24.8 Å². The van der Waals surface area contributed by atoms with Crippen LogP contribution in [0.15, 0.2) is 60.7 Å². The van der Waals surface area contributed by atoms with Crippen LogP contribution >= 0.6 is 23.2 Å². The predicted molar refractivity (Wildman–Crippen MR) is 141 cm³/mol. The Balaban J connectivity index is 1.27. The second kappa shape index (κ2) is 12.0. The molecule has 0 aromatic heterocycles. The van der Waals surface area contributed by atoms with E-state index in [1.54, 1.807) is 41.3 Å². The highest BCUT2D eigenvalue weighted by Gasteiger charge is 2.25. The minimum atomic E-state index is -0.156. The van der Waals surface area contributed by atoms with E-state index >= 15 is 0 Å². The smallest absolute Gasteiger partial charge is 0.265 e. The average molecular weight is 529 g/mol. The Labute approximate surface area is 219 Å². The normalized spacial score (nSPS) is 12.5. The van der Waals surface area contributed by atoms with Crippen LogP contribution in [0, 0.1) is 6.92 Å². The monoisotopic (exact) mass is 528 g/mol. The predicted octanol–water partition coefficient (Wildman–Crippen LogP) is 5.90. The number of benzene rings is 3. The van der Waals surface area contributed by atoms with Crippen LogP contribution in [0.5, 0.6) is 17.2 Å². The van der Waals surface area contributed by atoms with Crippen molar-refractivity contribution in [1.82, 2.24) is 0 Å². The molecule has 0 saturated heterocycles. The molecule has 0 bridgehead atoms. The van der Waals surface area contributed by atoms with Crippen molar-refractivity contribution < 1.29 is 23.8 Å². The van der Waals surface area contributed by atoms with Crippen molar-refractivity contribution in [1.29, 1.82) is 0 Å². The van der Waals surface area contributed by atoms with Gasteiger partial charge in [0.05, 0.1) is 23.9 Å². The quantitative estimate of drug-likeness (QED) is 0.331. The highest BCUT2D eigenvalue weighted by Crippen LogP contribution is 2.34. The van der Waals surface area contributed by atoms with Crippen molar-refractivity contribution in [2.45, 2.75) is 19.8 Å². The Hall–Kier alpha value is -3.42. The zero-order valence-electron chi connectivity index (χ0n) is 19.8. The molecular formula is C27H26Cl2N2O5. The largest absolute Gasteiger partial charge is 0.492 e. The summed E-state index contributed by atoms with van der Waals surface area (Å²) in [7, 11) is 0. The van der Waals surface area contributed by atoms with Crippen LogP contribution < -0.4 is 24.4 Å². The van der Waals surface area contributed by atoms with Gasteiger partial charge in [-0.1, -0.05) is 40.9 Å². The first-order chi connectivity index (χ1) is 17.4. The number of anilines is 2. The van der Waals surface area contributed by atoms with E-state index in [4.69, 9.17) is 37.4 Å². The molecule has 7 nitrogen and oxygen atoms in total. The van der Waals surface area contributed by atoms with Gasteiger partial charge in [-0.05, 0) is 55.8 Å². The maximum absolute atomic E-state index is 12.4. The van der Waals surface area contributed by atoms with Gasteiger partial charge in [0, 0.05) is 23.2 Å². The SMILES string of the molecule is Cc1ccc(OCCN2C(=O)COc3cc(NC(=O)CCCOc4ccc(Cl)cc4Cl)ccc32)cc1. The average Bonchev–Trinajstić information content (AvgIpc) is 2.85. The lowest BCUT2D eigenvalue weighted by Gasteiger charge is -2.29. The zero-order chi connectivity index (χ0) is 25.5. The topological polar surface area (TPSA) is 77.1 Å². The number of ether oxygens (including phenoxy) is 3. The van der Waals surface area contributed by atoms with Gasteiger partial charge < -0.3 is 24.4 Å². The van der Waals surface area contributed by atoms with E-state index in [0.717, 1.165) is 11.3 Å². The third-order valence-electron chi connectivity index (χ3n) is 5.49. The number of fused-ring (bicyclic) bond motifs is 1. The molecule has 0 radical (unpaired) electrons. The maximum atomic E-state index is 12.4. The molecule has 36 heavy (non-hydrogen) atoms. The number of rotatable bonds is 10. The number of amides is 2. The minimum absolute atomic E-state index is 0.0699. The van der Waals surface area contributed by atoms with Crippen molar-refractivity contribution in [3.8, 4) is 17.2 Å². The van der Waals surface area contributed by atoms with E-state index in [2.05, 4.69) is 5.32 Å². The van der Waals surface area contributed by atoms with E-state index < -0.39 is 0 Å². The molecule has 1 heterocycles. The van der Waals surface area contributed by atoms with Crippen molar-refractivity contribution >= 4 is 46.4 Å². The highest BCUT2D eigenvalue weighted by atomic mass is 35.5. The van der Waals surface area contributed by atoms with Crippen molar-refractivity contribution in [2.24, 2.45) is 0 Å². The van der Waals surface area contributed by atoms with E-state index in [1.165, 1.54) is 0 Å². The molecule has 1 aliphatic heterocycles. The van der Waals surface area contributed by atoms with Crippen LogP contribution in [0.1, 0.15) is 18.4 Å². The summed E-state index contributed by atoms with van der Waals surface area (Å²) in [6, 6.07) is 18.0. The van der Waals surface area contributed by atoms with Crippen LogP contribution in [0.25, 0.3) is 0 Å². The first-order valence-electron chi connectivity index (χ1n) is 11.5. The number of nitrogens with zero attached hydrogens (tertiary/aromatic N) is 1. The number of carbonyl (C=O) groups is 2. The number of carbonyl (C=O) groups excluding carboxylic acids is 2. The fourth-order valence-corrected chi connectivity index (χ4v) is 4.11. The molecule has 1 N–H and O–H groups in total. The fraction of sp³-hybridized carbons (Fsp3) is 0.259. The van der Waals surface area contributed by atoms with Crippen LogP contribution in [0.4, 0.5) is 11.4 Å². The van der Waals surface area contributed by atoms with Crippen LogP contribution in [-0.2, 0) is 9.59 Å². The standard InChI is InChI=1S/C27H26Cl2N2O5/c1-18-4-8-21(9-5-18)34-14-12-31-23-10-7-20(16-25(23)36-17-27(31)33)30-26(32)3-2-13-35-24-11-6-19(28)15-22(24)29/h4-11,15-16H,2-3,12-14,17H2,1H3,(H,30,32). The summed E-state index contributed by atoms with van der Waals surface area (Å²) in [5.41, 5.74) is 2.38. The summed E-state index contributed by atoms with van der Waals surface area (Å²) in [5.74, 6) is 1.50. The lowest BCUT2D eigenvalue weighted by Crippen LogP contribution is -2.41. The van der Waals surface area contributed by atoms with Gasteiger partial charge in [-0.15, -0.1) is 0 Å². The molecule has 3 aromatic carbocycles. The molecule has 3 aromatic rings. The number of hydrogen-bond donors (Lipinski definition) is 1. The van der Waals surface area contributed by atoms with Gasteiger partial charge in [-0.2, -0.15) is 0 Å². The van der Waals surface area contributed by atoms with Crippen molar-refractivity contribution in [3.05, 3.63) is 76.3 Å². The summed E-state index contributed by atoms with van der Waals surface area (Å²) < 4.78 is 17.0. The Bertz CT molecular complexity index is 1230. The third kappa shape index (κ3) is 6.83. The molecule has 0 saturated carbocycles. The van der Waals surface area contributed by atoms with Gasteiger partial charge in [-0.25, -0.2) is 0 Å². The van der Waals surface area contributed by atoms with Gasteiger partial charge >= 0.3 is 0 Å². The summed E-state index contributed by atoms with van der Waals surface area (Å²) in [6.45, 7) is 3.00. The van der Waals surface area contributed by atoms with E-state index in [0.29, 0.717) is 59.1 Å². The Kier molecular flexibility index (Phi) is 8.57. The fourth-order valence-electron chi connectivity index (χ4n) is 3.65. The Morgan fingerprint density at radius 3 is 2.61 bits per heavy atom. The summed E-state index contributed by atoms with van der Waals surface area (Å²) in [4.78, 5) is 26.5. The number of halogens is 2. The van der Waals surface area contributed by atoms with Crippen LogP contribution in [0.2, 0.25) is 10.0 Å². The number of nitrogens with one attached hydrogen (secondary N) is 1. The molecule has 0 unspecified atom stereocenters. The number of aryl methyl sites for hydroxylation is 1. The Morgan fingerprint density at radius 2 is 1.83 bits per heavy atom. The molecule has 1 aliphatic rings. The van der Waals surface area contributed by atoms with Gasteiger partial charge in [0.15, 0.2) is 6.61 Å². The van der Waals surface area contributed by atoms with Gasteiger partial charge in [0.2, 0.25) is 5.91 Å². The van der Waals surface area contributed by atoms with Gasteiger partial charge in [0.25, 0.3) is 5.91 Å². The lowest BCUT2D eigenvalue weighted by molar-refractivity contribution is -0.121. The van der Waals surface area contributed by atoms with Crippen LogP contribution in [0.3, 0.4) is 0 Å². The van der Waals surface area contributed by atoms with Crippen LogP contribution in [-0.4, -0.2) is 38.2 Å². The minimum Gasteiger partial charge on any atom is -0.492 e. The molecule has 9 heteroatoms. The maximum Gasteiger partial charge on any atom is 0.265 e. The van der Waals surface area contributed by atoms with Crippen molar-refractivity contribution in [2.75, 3.05) is 36.6 Å². The highest BCUT2D eigenvalue weighted by molar-refractivity contribution is 6.35. The summed E-state index contributed by atoms with van der Waals surface area (Å²) in [5, 5.41) is 3.82. The molecular weight excluding hydrogens is 503 g/mol. The second-order valence-corrected chi connectivity index (χ2v) is 9.10. The van der Waals surface area contributed by atoms with E-state index in [1.807, 2.05) is 31.2 Å². The summed E-state index contributed by atoms with van der Waals surface area (Å²) in [6.07, 6.45) is 0.777. The van der Waals surface area contributed by atoms with Gasteiger partial charge in [-0.3, -0.25) is 9.59 Å². The van der Waals surface area contributed by atoms with Crippen molar-refractivity contribution in [3.63, 3.8) is 0 Å². The first-order valence-corrected chi connectivity index (χ1v) is 12.3. The molecule has 2 amide bonds. The zero-order valence-corrected chi connectivity index (χ0v) is 21.3. The van der Waals surface area contributed by atoms with E-state index in [9.17, 15) is 9.59 Å². The van der Waals surface area contributed by atoms with Gasteiger partial charge in [0.1, 0.15) is 23.9 Å². The summed E-state index contributed by atoms with van der Waals surface area (Å²) >= 11 is 12.0.